The van der Waals surface area contributed by atoms with Gasteiger partial charge in [-0.15, -0.1) is 0 Å². The lowest BCUT2D eigenvalue weighted by Gasteiger charge is -2.06. The van der Waals surface area contributed by atoms with Gasteiger partial charge in [-0.2, -0.15) is 0 Å². The second-order valence-electron chi connectivity index (χ2n) is 5.92. The van der Waals surface area contributed by atoms with E-state index in [2.05, 4.69) is 50.6 Å². The summed E-state index contributed by atoms with van der Waals surface area (Å²) in [6.07, 6.45) is 2.96. The Morgan fingerprint density at radius 2 is 1.46 bits per heavy atom. The van der Waals surface area contributed by atoms with Gasteiger partial charge in [-0.25, -0.2) is 0 Å². The number of aryl methyl sites for hydroxylation is 1. The smallest absolute Gasteiger partial charge is 0.190 e. The third kappa shape index (κ3) is 2.65. The molecule has 0 spiro atoms. The zero-order valence-corrected chi connectivity index (χ0v) is 14.8. The van der Waals surface area contributed by atoms with Crippen LogP contribution in [-0.4, -0.2) is 0 Å². The summed E-state index contributed by atoms with van der Waals surface area (Å²) < 4.78 is 0. The Bertz CT molecular complexity index is 950. The molecule has 0 fully saturated rings. The van der Waals surface area contributed by atoms with Crippen LogP contribution >= 0.6 is 0 Å². The molecule has 24 heavy (non-hydrogen) atoms. The van der Waals surface area contributed by atoms with Gasteiger partial charge in [-0.05, 0) is 41.0 Å². The van der Waals surface area contributed by atoms with E-state index in [0.29, 0.717) is 0 Å². The van der Waals surface area contributed by atoms with E-state index >= 15 is 0 Å². The van der Waals surface area contributed by atoms with Gasteiger partial charge in [0, 0.05) is 17.4 Å². The normalized spacial score (nSPS) is 11.5. The molecule has 0 aliphatic heterocycles. The zero-order valence-electron chi connectivity index (χ0n) is 14.8. The molecule has 1 radical (unpaired) electrons. The molecule has 3 aromatic rings. The summed E-state index contributed by atoms with van der Waals surface area (Å²) in [6.45, 7) is 8.15. The lowest BCUT2D eigenvalue weighted by Crippen LogP contribution is -2.07. The number of benzene rings is 2. The van der Waals surface area contributed by atoms with Gasteiger partial charge in [-0.1, -0.05) is 74.9 Å². The van der Waals surface area contributed by atoms with E-state index < -0.39 is 0 Å². The van der Waals surface area contributed by atoms with Crippen LogP contribution in [0.3, 0.4) is 0 Å². The van der Waals surface area contributed by atoms with Gasteiger partial charge in [0.1, 0.15) is 0 Å². The summed E-state index contributed by atoms with van der Waals surface area (Å²) in [7, 11) is 0. The molecule has 0 bridgehead atoms. The Morgan fingerprint density at radius 1 is 0.833 bits per heavy atom. The second-order valence-corrected chi connectivity index (χ2v) is 5.92. The highest BCUT2D eigenvalue weighted by Gasteiger charge is 2.27. The molecule has 0 amide bonds. The van der Waals surface area contributed by atoms with Crippen LogP contribution in [0.25, 0.3) is 21.9 Å². The van der Waals surface area contributed by atoms with Crippen molar-refractivity contribution in [3.63, 3.8) is 0 Å². The lowest BCUT2D eigenvalue weighted by molar-refractivity contribution is 1.13. The van der Waals surface area contributed by atoms with Gasteiger partial charge < -0.3 is 0 Å². The Hall–Kier alpha value is -2.41. The molecule has 0 heterocycles. The minimum atomic E-state index is 0.175. The highest BCUT2D eigenvalue weighted by molar-refractivity contribution is 5.98. The van der Waals surface area contributed by atoms with Crippen LogP contribution in [-0.2, 0) is 6.42 Å². The molecule has 1 heteroatoms. The lowest BCUT2D eigenvalue weighted by atomic mass is 9.97. The first kappa shape index (κ1) is 16.4. The van der Waals surface area contributed by atoms with Crippen molar-refractivity contribution in [3.8, 4) is 11.1 Å². The molecule has 4 rings (SSSR count). The van der Waals surface area contributed by atoms with E-state index in [9.17, 15) is 4.79 Å². The third-order valence-corrected chi connectivity index (χ3v) is 4.50. The molecule has 121 valence electrons. The monoisotopic (exact) mass is 315 g/mol. The minimum Gasteiger partial charge on any atom is -0.289 e. The molecular weight excluding hydrogens is 292 g/mol. The van der Waals surface area contributed by atoms with Gasteiger partial charge in [0.05, 0.1) is 0 Å². The molecule has 0 saturated carbocycles. The van der Waals surface area contributed by atoms with Crippen molar-refractivity contribution in [2.45, 2.75) is 34.1 Å². The van der Waals surface area contributed by atoms with Crippen molar-refractivity contribution in [2.75, 3.05) is 0 Å². The molecule has 0 saturated heterocycles. The largest absolute Gasteiger partial charge is 0.289 e. The van der Waals surface area contributed by atoms with Crippen LogP contribution < -0.4 is 5.43 Å². The number of hydrogen-bond donors (Lipinski definition) is 0. The first-order chi connectivity index (χ1) is 11.7. The highest BCUT2D eigenvalue weighted by Crippen LogP contribution is 2.43. The van der Waals surface area contributed by atoms with Crippen molar-refractivity contribution >= 4 is 10.8 Å². The van der Waals surface area contributed by atoms with E-state index in [0.717, 1.165) is 33.9 Å². The number of rotatable bonds is 2. The van der Waals surface area contributed by atoms with Gasteiger partial charge in [0.15, 0.2) is 5.43 Å². The van der Waals surface area contributed by atoms with E-state index in [-0.39, 0.29) is 5.43 Å². The predicted molar refractivity (Wildman–Crippen MR) is 104 cm³/mol. The van der Waals surface area contributed by atoms with Gasteiger partial charge in [0.25, 0.3) is 0 Å². The molecule has 0 unspecified atom stereocenters. The van der Waals surface area contributed by atoms with Crippen molar-refractivity contribution in [2.24, 2.45) is 0 Å². The van der Waals surface area contributed by atoms with Crippen LogP contribution in [0.1, 0.15) is 43.0 Å². The predicted octanol–water partition coefficient (Wildman–Crippen LogP) is 5.68. The quantitative estimate of drug-likeness (QED) is 0.465. The summed E-state index contributed by atoms with van der Waals surface area (Å²) >= 11 is 0. The first-order valence-corrected chi connectivity index (χ1v) is 8.74. The van der Waals surface area contributed by atoms with E-state index in [1.54, 1.807) is 0 Å². The average Bonchev–Trinajstić information content (AvgIpc) is 3.42. The topological polar surface area (TPSA) is 17.1 Å². The summed E-state index contributed by atoms with van der Waals surface area (Å²) in [5, 5.41) is 1.92. The first-order valence-electron chi connectivity index (χ1n) is 8.74. The SMILES string of the molecule is CC.CCc1c(-c2ccc(C)cc2)c2c(c3ccccc3c1=O)[CH]2. The summed E-state index contributed by atoms with van der Waals surface area (Å²) in [4.78, 5) is 13.0. The van der Waals surface area contributed by atoms with E-state index in [1.165, 1.54) is 16.7 Å². The fourth-order valence-corrected chi connectivity index (χ4v) is 3.28. The van der Waals surface area contributed by atoms with Gasteiger partial charge >= 0.3 is 0 Å². The van der Waals surface area contributed by atoms with Crippen LogP contribution in [0.2, 0.25) is 0 Å². The Balaban J connectivity index is 0.000000815. The highest BCUT2D eigenvalue weighted by atomic mass is 16.1. The summed E-state index contributed by atoms with van der Waals surface area (Å²) in [6, 6.07) is 16.4. The molecule has 3 aromatic carbocycles. The van der Waals surface area contributed by atoms with Crippen molar-refractivity contribution in [3.05, 3.63) is 87.4 Å². The third-order valence-electron chi connectivity index (χ3n) is 4.50. The van der Waals surface area contributed by atoms with Gasteiger partial charge in [-0.3, -0.25) is 4.79 Å². The molecule has 1 nitrogen and oxygen atoms in total. The molecule has 0 N–H and O–H groups in total. The fourth-order valence-electron chi connectivity index (χ4n) is 3.28. The molecule has 1 aliphatic rings. The van der Waals surface area contributed by atoms with Crippen LogP contribution in [0.4, 0.5) is 0 Å². The maximum absolute atomic E-state index is 13.0. The maximum Gasteiger partial charge on any atom is 0.190 e. The summed E-state index contributed by atoms with van der Waals surface area (Å²) in [5.74, 6) is 0. The second kappa shape index (κ2) is 6.60. The maximum atomic E-state index is 13.0. The van der Waals surface area contributed by atoms with Crippen molar-refractivity contribution in [1.82, 2.24) is 0 Å². The van der Waals surface area contributed by atoms with E-state index in [4.69, 9.17) is 0 Å². The molecular formula is C23H23O. The summed E-state index contributed by atoms with van der Waals surface area (Å²) in [5.41, 5.74) is 7.06. The Labute approximate surface area is 144 Å². The van der Waals surface area contributed by atoms with E-state index in [1.807, 2.05) is 32.0 Å². The zero-order chi connectivity index (χ0) is 17.3. The van der Waals surface area contributed by atoms with Crippen LogP contribution in [0.15, 0.2) is 53.3 Å². The number of hydrogen-bond acceptors (Lipinski definition) is 1. The Morgan fingerprint density at radius 3 is 2.08 bits per heavy atom. The van der Waals surface area contributed by atoms with Crippen LogP contribution in [0, 0.1) is 13.3 Å². The molecule has 0 atom stereocenters. The van der Waals surface area contributed by atoms with Crippen LogP contribution in [0.5, 0.6) is 0 Å². The average molecular weight is 315 g/mol. The van der Waals surface area contributed by atoms with Gasteiger partial charge in [0.2, 0.25) is 0 Å². The fraction of sp³-hybridized carbons (Fsp3) is 0.217. The minimum absolute atomic E-state index is 0.175. The standard InChI is InChI=1S/C21H17O.C2H6/c1-3-15-20(14-10-8-13(2)9-11-14)19-12-18(19)16-6-4-5-7-17(16)21(15)22;1-2/h4-12H,3H2,1-2H3;1-2H3. The molecule has 1 aliphatic carbocycles. The molecule has 0 aromatic heterocycles. The van der Waals surface area contributed by atoms with Crippen molar-refractivity contribution < 1.29 is 0 Å². The number of fused-ring (bicyclic) bond motifs is 3. The van der Waals surface area contributed by atoms with Crippen molar-refractivity contribution in [1.29, 1.82) is 0 Å². The Kier molecular flexibility index (Phi) is 4.53.